The maximum absolute atomic E-state index is 12.6. The molecule has 0 aliphatic carbocycles. The van der Waals surface area contributed by atoms with Crippen LogP contribution in [0.15, 0.2) is 36.7 Å². The second-order valence-corrected chi connectivity index (χ2v) is 7.13. The minimum atomic E-state index is -0.206. The fourth-order valence-corrected chi connectivity index (χ4v) is 3.30. The highest BCUT2D eigenvalue weighted by Crippen LogP contribution is 2.23. The Morgan fingerprint density at radius 2 is 1.85 bits per heavy atom. The monoisotopic (exact) mass is 389 g/mol. The molecule has 0 aromatic carbocycles. The Labute approximate surface area is 162 Å². The zero-order chi connectivity index (χ0) is 18.8. The molecule has 4 heterocycles. The zero-order valence-corrected chi connectivity index (χ0v) is 15.6. The number of fused-ring (bicyclic) bond motifs is 1. The van der Waals surface area contributed by atoms with Gasteiger partial charge in [0.05, 0.1) is 24.4 Å². The molecule has 0 saturated carbocycles. The maximum atomic E-state index is 12.6. The summed E-state index contributed by atoms with van der Waals surface area (Å²) in [6.07, 6.45) is 2.61. The van der Waals surface area contributed by atoms with Gasteiger partial charge in [0.25, 0.3) is 5.91 Å². The highest BCUT2D eigenvalue weighted by molar-refractivity contribution is 6.30. The highest BCUT2D eigenvalue weighted by atomic mass is 35.5. The summed E-state index contributed by atoms with van der Waals surface area (Å²) in [5, 5.41) is 0.500. The van der Waals surface area contributed by atoms with E-state index in [1.807, 2.05) is 19.1 Å². The number of hydrogen-bond donors (Lipinski definition) is 0. The van der Waals surface area contributed by atoms with Gasteiger partial charge >= 0.3 is 0 Å². The van der Waals surface area contributed by atoms with Gasteiger partial charge < -0.3 is 19.1 Å². The fraction of sp³-hybridized carbons (Fsp3) is 0.421. The lowest BCUT2D eigenvalue weighted by Crippen LogP contribution is -2.33. The van der Waals surface area contributed by atoms with Gasteiger partial charge in [0.2, 0.25) is 0 Å². The van der Waals surface area contributed by atoms with E-state index in [0.29, 0.717) is 42.8 Å². The lowest BCUT2D eigenvalue weighted by molar-refractivity contribution is -0.00461. The zero-order valence-electron chi connectivity index (χ0n) is 14.9. The molecule has 8 heteroatoms. The lowest BCUT2D eigenvalue weighted by atomic mass is 10.3. The summed E-state index contributed by atoms with van der Waals surface area (Å²) in [6, 6.07) is 7.06. The van der Waals surface area contributed by atoms with Gasteiger partial charge in [-0.3, -0.25) is 9.78 Å². The van der Waals surface area contributed by atoms with Crippen LogP contribution in [0.4, 0.5) is 0 Å². The van der Waals surface area contributed by atoms with Crippen molar-refractivity contribution in [1.82, 2.24) is 14.9 Å². The van der Waals surface area contributed by atoms with Crippen LogP contribution in [0.2, 0.25) is 5.02 Å². The molecule has 7 nitrogen and oxygen atoms in total. The van der Waals surface area contributed by atoms with Crippen LogP contribution in [0, 0.1) is 6.92 Å². The first-order valence-corrected chi connectivity index (χ1v) is 9.19. The molecule has 2 saturated heterocycles. The van der Waals surface area contributed by atoms with Crippen LogP contribution < -0.4 is 4.74 Å². The van der Waals surface area contributed by atoms with Crippen molar-refractivity contribution in [2.45, 2.75) is 25.2 Å². The van der Waals surface area contributed by atoms with Crippen molar-refractivity contribution in [3.63, 3.8) is 0 Å². The van der Waals surface area contributed by atoms with Crippen molar-refractivity contribution >= 4 is 17.5 Å². The molecule has 2 aromatic heterocycles. The third-order valence-electron chi connectivity index (χ3n) is 4.63. The number of ether oxygens (including phenoxy) is 3. The highest BCUT2D eigenvalue weighted by Gasteiger charge is 2.40. The average molecular weight is 390 g/mol. The van der Waals surface area contributed by atoms with E-state index in [4.69, 9.17) is 25.8 Å². The van der Waals surface area contributed by atoms with Crippen molar-refractivity contribution in [3.05, 3.63) is 53.1 Å². The van der Waals surface area contributed by atoms with E-state index >= 15 is 0 Å². The van der Waals surface area contributed by atoms with Crippen molar-refractivity contribution in [2.75, 3.05) is 26.3 Å². The van der Waals surface area contributed by atoms with E-state index in [9.17, 15) is 4.79 Å². The van der Waals surface area contributed by atoms with E-state index in [1.54, 1.807) is 23.2 Å². The van der Waals surface area contributed by atoms with Crippen LogP contribution >= 0.6 is 11.6 Å². The fourth-order valence-electron chi connectivity index (χ4n) is 3.19. The second-order valence-electron chi connectivity index (χ2n) is 6.69. The van der Waals surface area contributed by atoms with Crippen LogP contribution in [0.3, 0.4) is 0 Å². The van der Waals surface area contributed by atoms with Crippen LogP contribution in [0.5, 0.6) is 5.75 Å². The van der Waals surface area contributed by atoms with Gasteiger partial charge in [0.1, 0.15) is 29.8 Å². The Morgan fingerprint density at radius 1 is 1.11 bits per heavy atom. The van der Waals surface area contributed by atoms with Crippen LogP contribution in [0.25, 0.3) is 0 Å². The molecule has 2 aromatic rings. The molecule has 0 bridgehead atoms. The Hall–Kier alpha value is -2.22. The topological polar surface area (TPSA) is 73.8 Å². The Bertz CT molecular complexity index is 784. The molecular weight excluding hydrogens is 370 g/mol. The van der Waals surface area contributed by atoms with E-state index in [0.717, 1.165) is 5.69 Å². The van der Waals surface area contributed by atoms with Gasteiger partial charge in [-0.15, -0.1) is 0 Å². The Kier molecular flexibility index (Phi) is 5.24. The molecular formula is C19H20ClN3O4. The summed E-state index contributed by atoms with van der Waals surface area (Å²) in [7, 11) is 0. The van der Waals surface area contributed by atoms with Gasteiger partial charge in [-0.2, -0.15) is 0 Å². The van der Waals surface area contributed by atoms with Gasteiger partial charge in [-0.25, -0.2) is 4.98 Å². The second kappa shape index (κ2) is 7.80. The summed E-state index contributed by atoms with van der Waals surface area (Å²) in [4.78, 5) is 22.6. The van der Waals surface area contributed by atoms with E-state index in [-0.39, 0.29) is 24.2 Å². The van der Waals surface area contributed by atoms with Crippen LogP contribution in [-0.2, 0) is 9.47 Å². The minimum Gasteiger partial charge on any atom is -0.484 e. The van der Waals surface area contributed by atoms with Gasteiger partial charge in [-0.1, -0.05) is 11.6 Å². The summed E-state index contributed by atoms with van der Waals surface area (Å²) in [6.45, 7) is 3.65. The van der Waals surface area contributed by atoms with Crippen molar-refractivity contribution < 1.29 is 19.0 Å². The number of aryl methyl sites for hydroxylation is 1. The third-order valence-corrected chi connectivity index (χ3v) is 4.85. The first-order chi connectivity index (χ1) is 13.1. The number of nitrogens with zero attached hydrogens (tertiary/aromatic N) is 3. The third kappa shape index (κ3) is 4.21. The molecule has 0 unspecified atom stereocenters. The van der Waals surface area contributed by atoms with E-state index < -0.39 is 0 Å². The summed E-state index contributed by atoms with van der Waals surface area (Å²) < 4.78 is 17.8. The van der Waals surface area contributed by atoms with Gasteiger partial charge in [0, 0.05) is 25.0 Å². The predicted octanol–water partition coefficient (Wildman–Crippen LogP) is 2.13. The number of hydrogen-bond acceptors (Lipinski definition) is 6. The summed E-state index contributed by atoms with van der Waals surface area (Å²) in [5.74, 6) is 0.543. The molecule has 4 rings (SSSR count). The predicted molar refractivity (Wildman–Crippen MR) is 98.0 cm³/mol. The standard InChI is InChI=1S/C19H20ClN3O4/c1-12-2-4-14(7-21-12)27-15-10-25-17-8-23(9-18(17)26-11-15)19(24)16-5-3-13(20)6-22-16/h2-7,15,17-18H,8-11H2,1H3/t17-,18-/m0/s1. The van der Waals surface area contributed by atoms with Crippen molar-refractivity contribution in [3.8, 4) is 5.75 Å². The smallest absolute Gasteiger partial charge is 0.272 e. The molecule has 142 valence electrons. The maximum Gasteiger partial charge on any atom is 0.272 e. The molecule has 0 spiro atoms. The largest absolute Gasteiger partial charge is 0.484 e. The lowest BCUT2D eigenvalue weighted by Gasteiger charge is -2.19. The molecule has 2 atom stereocenters. The molecule has 1 amide bonds. The average Bonchev–Trinajstić information content (AvgIpc) is 3.00. The first-order valence-electron chi connectivity index (χ1n) is 8.82. The number of likely N-dealkylation sites (tertiary alicyclic amines) is 1. The normalized spacial score (nSPS) is 23.0. The molecule has 2 aliphatic rings. The molecule has 2 fully saturated rings. The van der Waals surface area contributed by atoms with E-state index in [2.05, 4.69) is 9.97 Å². The van der Waals surface area contributed by atoms with Gasteiger partial charge in [-0.05, 0) is 31.2 Å². The van der Waals surface area contributed by atoms with Crippen LogP contribution in [0.1, 0.15) is 16.2 Å². The van der Waals surface area contributed by atoms with Gasteiger partial charge in [0.15, 0.2) is 0 Å². The number of aromatic nitrogens is 2. The summed E-state index contributed by atoms with van der Waals surface area (Å²) in [5.41, 5.74) is 1.30. The number of carbonyl (C=O) groups is 1. The van der Waals surface area contributed by atoms with E-state index in [1.165, 1.54) is 6.20 Å². The molecule has 27 heavy (non-hydrogen) atoms. The first kappa shape index (κ1) is 18.2. The van der Waals surface area contributed by atoms with Crippen molar-refractivity contribution in [1.29, 1.82) is 0 Å². The van der Waals surface area contributed by atoms with Crippen LogP contribution in [-0.4, -0.2) is 65.4 Å². The SMILES string of the molecule is Cc1ccc(OC2CO[C@H]3CN(C(=O)c4ccc(Cl)cn4)C[C@@H]3OC2)cn1. The quantitative estimate of drug-likeness (QED) is 0.800. The minimum absolute atomic E-state index is 0.148. The van der Waals surface area contributed by atoms with Crippen molar-refractivity contribution in [2.24, 2.45) is 0 Å². The summed E-state index contributed by atoms with van der Waals surface area (Å²) >= 11 is 5.83. The number of rotatable bonds is 3. The number of amides is 1. The number of pyridine rings is 2. The number of halogens is 1. The molecule has 0 radical (unpaired) electrons. The number of carbonyl (C=O) groups excluding carboxylic acids is 1. The Morgan fingerprint density at radius 3 is 2.44 bits per heavy atom. The Balaban J connectivity index is 1.34. The molecule has 2 aliphatic heterocycles. The molecule has 0 N–H and O–H groups in total.